The second-order valence-corrected chi connectivity index (χ2v) is 6.72. The van der Waals surface area contributed by atoms with Crippen molar-refractivity contribution in [3.8, 4) is 0 Å². The van der Waals surface area contributed by atoms with Gasteiger partial charge in [-0.25, -0.2) is 4.98 Å². The molecule has 2 aromatic rings. The summed E-state index contributed by atoms with van der Waals surface area (Å²) in [7, 11) is 0. The predicted molar refractivity (Wildman–Crippen MR) is 94.5 cm³/mol. The average molecular weight is 365 g/mol. The van der Waals surface area contributed by atoms with Crippen LogP contribution in [0.2, 0.25) is 5.02 Å². The minimum atomic E-state index is -0.209. The molecule has 6 nitrogen and oxygen atoms in total. The van der Waals surface area contributed by atoms with Crippen molar-refractivity contribution in [1.29, 1.82) is 0 Å². The molecule has 0 radical (unpaired) electrons. The van der Waals surface area contributed by atoms with Crippen LogP contribution in [0.3, 0.4) is 0 Å². The number of benzene rings is 1. The maximum Gasteiger partial charge on any atom is 0.274 e. The van der Waals surface area contributed by atoms with Crippen molar-refractivity contribution in [2.45, 2.75) is 13.0 Å². The second kappa shape index (κ2) is 7.29. The molecule has 1 aromatic heterocycles. The van der Waals surface area contributed by atoms with Crippen molar-refractivity contribution in [1.82, 2.24) is 15.2 Å². The number of amides is 2. The molecule has 8 heteroatoms. The molecule has 1 saturated heterocycles. The Morgan fingerprint density at radius 1 is 1.42 bits per heavy atom. The quantitative estimate of drug-likeness (QED) is 0.877. The molecular weight excluding hydrogens is 348 g/mol. The Kier molecular flexibility index (Phi) is 5.13. The lowest BCUT2D eigenvalue weighted by molar-refractivity contribution is -0.114. The van der Waals surface area contributed by atoms with E-state index in [-0.39, 0.29) is 17.9 Å². The molecule has 1 unspecified atom stereocenters. The number of aromatic nitrogens is 1. The zero-order chi connectivity index (χ0) is 17.1. The van der Waals surface area contributed by atoms with Crippen LogP contribution in [0, 0.1) is 0 Å². The van der Waals surface area contributed by atoms with Crippen LogP contribution in [0.25, 0.3) is 0 Å². The van der Waals surface area contributed by atoms with E-state index in [1.807, 2.05) is 24.3 Å². The van der Waals surface area contributed by atoms with Crippen LogP contribution in [0.4, 0.5) is 5.13 Å². The van der Waals surface area contributed by atoms with Crippen LogP contribution in [0.15, 0.2) is 29.6 Å². The summed E-state index contributed by atoms with van der Waals surface area (Å²) < 4.78 is 0. The fourth-order valence-corrected chi connectivity index (χ4v) is 3.69. The first-order valence-corrected chi connectivity index (χ1v) is 8.81. The standard InChI is InChI=1S/C16H17ClN4O2S/c1-10(22)19-16-20-13(9-24-16)15(23)21-7-6-18-8-14(21)11-4-2-3-5-12(11)17/h2-5,9,14,18H,6-8H2,1H3,(H,19,20,22). The Balaban J connectivity index is 1.85. The third-order valence-corrected chi connectivity index (χ3v) is 4.88. The summed E-state index contributed by atoms with van der Waals surface area (Å²) in [6.07, 6.45) is 0. The molecule has 1 aliphatic rings. The molecule has 126 valence electrons. The van der Waals surface area contributed by atoms with Gasteiger partial charge in [0.1, 0.15) is 5.69 Å². The summed E-state index contributed by atoms with van der Waals surface area (Å²) >= 11 is 7.55. The van der Waals surface area contributed by atoms with Crippen LogP contribution in [0.5, 0.6) is 0 Å². The maximum absolute atomic E-state index is 12.9. The molecule has 0 saturated carbocycles. The minimum absolute atomic E-state index is 0.147. The molecule has 24 heavy (non-hydrogen) atoms. The van der Waals surface area contributed by atoms with Crippen molar-refractivity contribution in [3.05, 3.63) is 45.9 Å². The lowest BCUT2D eigenvalue weighted by Gasteiger charge is -2.36. The normalized spacial score (nSPS) is 17.6. The van der Waals surface area contributed by atoms with Crippen LogP contribution in [0.1, 0.15) is 29.0 Å². The number of hydrogen-bond donors (Lipinski definition) is 2. The number of anilines is 1. The fraction of sp³-hybridized carbons (Fsp3) is 0.312. The number of carbonyl (C=O) groups excluding carboxylic acids is 2. The number of carbonyl (C=O) groups is 2. The van der Waals surface area contributed by atoms with E-state index in [0.29, 0.717) is 28.9 Å². The van der Waals surface area contributed by atoms with Gasteiger partial charge in [-0.1, -0.05) is 29.8 Å². The third-order valence-electron chi connectivity index (χ3n) is 3.77. The summed E-state index contributed by atoms with van der Waals surface area (Å²) in [5.74, 6) is -0.367. The Morgan fingerprint density at radius 2 is 2.21 bits per heavy atom. The monoisotopic (exact) mass is 364 g/mol. The number of thiazole rings is 1. The molecule has 0 bridgehead atoms. The van der Waals surface area contributed by atoms with Crippen LogP contribution < -0.4 is 10.6 Å². The van der Waals surface area contributed by atoms with Crippen molar-refractivity contribution < 1.29 is 9.59 Å². The van der Waals surface area contributed by atoms with Crippen LogP contribution >= 0.6 is 22.9 Å². The molecule has 1 aliphatic heterocycles. The number of rotatable bonds is 3. The smallest absolute Gasteiger partial charge is 0.274 e. The van der Waals surface area contributed by atoms with Crippen molar-refractivity contribution >= 4 is 39.9 Å². The average Bonchev–Trinajstić information content (AvgIpc) is 3.02. The number of nitrogens with zero attached hydrogens (tertiary/aromatic N) is 2. The molecule has 1 fully saturated rings. The number of halogens is 1. The van der Waals surface area contributed by atoms with Gasteiger partial charge in [-0.2, -0.15) is 0 Å². The van der Waals surface area contributed by atoms with Gasteiger partial charge < -0.3 is 15.5 Å². The van der Waals surface area contributed by atoms with E-state index in [9.17, 15) is 9.59 Å². The predicted octanol–water partition coefficient (Wildman–Crippen LogP) is 2.54. The van der Waals surface area contributed by atoms with Crippen molar-refractivity contribution in [2.75, 3.05) is 25.0 Å². The zero-order valence-electron chi connectivity index (χ0n) is 13.1. The lowest BCUT2D eigenvalue weighted by Crippen LogP contribution is -2.48. The Labute approximate surface area is 148 Å². The summed E-state index contributed by atoms with van der Waals surface area (Å²) in [5, 5.41) is 8.63. The third kappa shape index (κ3) is 3.58. The first-order valence-electron chi connectivity index (χ1n) is 7.55. The van der Waals surface area contributed by atoms with Gasteiger partial charge in [0, 0.05) is 37.0 Å². The molecule has 2 N–H and O–H groups in total. The van der Waals surface area contributed by atoms with E-state index in [0.717, 1.165) is 12.1 Å². The topological polar surface area (TPSA) is 74.3 Å². The van der Waals surface area contributed by atoms with Gasteiger partial charge in [0.05, 0.1) is 6.04 Å². The highest BCUT2D eigenvalue weighted by Gasteiger charge is 2.31. The number of hydrogen-bond acceptors (Lipinski definition) is 5. The molecule has 1 aromatic carbocycles. The van der Waals surface area contributed by atoms with E-state index < -0.39 is 0 Å². The lowest BCUT2D eigenvalue weighted by atomic mass is 10.0. The van der Waals surface area contributed by atoms with E-state index in [1.165, 1.54) is 18.3 Å². The summed E-state index contributed by atoms with van der Waals surface area (Å²) in [6.45, 7) is 3.34. The van der Waals surface area contributed by atoms with Crippen molar-refractivity contribution in [3.63, 3.8) is 0 Å². The van der Waals surface area contributed by atoms with Crippen molar-refractivity contribution in [2.24, 2.45) is 0 Å². The minimum Gasteiger partial charge on any atom is -0.328 e. The highest BCUT2D eigenvalue weighted by molar-refractivity contribution is 7.14. The molecule has 2 heterocycles. The highest BCUT2D eigenvalue weighted by Crippen LogP contribution is 2.30. The van der Waals surface area contributed by atoms with Crippen LogP contribution in [-0.4, -0.2) is 41.3 Å². The van der Waals surface area contributed by atoms with Gasteiger partial charge in [-0.15, -0.1) is 11.3 Å². The number of piperazine rings is 1. The van der Waals surface area contributed by atoms with E-state index in [4.69, 9.17) is 11.6 Å². The largest absolute Gasteiger partial charge is 0.328 e. The SMILES string of the molecule is CC(=O)Nc1nc(C(=O)N2CCNCC2c2ccccc2Cl)cs1. The van der Waals surface area contributed by atoms with E-state index in [1.54, 1.807) is 10.3 Å². The molecule has 2 amide bonds. The van der Waals surface area contributed by atoms with Crippen LogP contribution in [-0.2, 0) is 4.79 Å². The molecular formula is C16H17ClN4O2S. The molecule has 0 aliphatic carbocycles. The van der Waals surface area contributed by atoms with E-state index >= 15 is 0 Å². The van der Waals surface area contributed by atoms with E-state index in [2.05, 4.69) is 15.6 Å². The first kappa shape index (κ1) is 16.9. The maximum atomic E-state index is 12.9. The number of nitrogens with one attached hydrogen (secondary N) is 2. The second-order valence-electron chi connectivity index (χ2n) is 5.46. The summed E-state index contributed by atoms with van der Waals surface area (Å²) in [4.78, 5) is 30.0. The Morgan fingerprint density at radius 3 is 2.96 bits per heavy atom. The van der Waals surface area contributed by atoms with Gasteiger partial charge in [0.25, 0.3) is 5.91 Å². The summed E-state index contributed by atoms with van der Waals surface area (Å²) in [5.41, 5.74) is 1.25. The Hall–Kier alpha value is -1.96. The molecule has 3 rings (SSSR count). The van der Waals surface area contributed by atoms with Gasteiger partial charge in [0.2, 0.25) is 5.91 Å². The van der Waals surface area contributed by atoms with Gasteiger partial charge in [0.15, 0.2) is 5.13 Å². The molecule has 0 spiro atoms. The molecule has 1 atom stereocenters. The van der Waals surface area contributed by atoms with Gasteiger partial charge in [-0.3, -0.25) is 9.59 Å². The Bertz CT molecular complexity index is 764. The zero-order valence-corrected chi connectivity index (χ0v) is 14.7. The summed E-state index contributed by atoms with van der Waals surface area (Å²) in [6, 6.07) is 7.39. The first-order chi connectivity index (χ1) is 11.6. The highest BCUT2D eigenvalue weighted by atomic mass is 35.5. The van der Waals surface area contributed by atoms with Gasteiger partial charge in [-0.05, 0) is 11.6 Å². The van der Waals surface area contributed by atoms with Gasteiger partial charge >= 0.3 is 0 Å². The fourth-order valence-electron chi connectivity index (χ4n) is 2.70.